The monoisotopic (exact) mass is 516 g/mol. The minimum absolute atomic E-state index is 0. The average molecular weight is 517 g/mol. The smallest absolute Gasteiger partial charge is 0.191 e. The van der Waals surface area contributed by atoms with Crippen LogP contribution in [0.2, 0.25) is 0 Å². The van der Waals surface area contributed by atoms with Gasteiger partial charge in [-0.3, -0.25) is 0 Å². The van der Waals surface area contributed by atoms with Crippen LogP contribution in [0.15, 0.2) is 29.3 Å². The molecule has 0 saturated carbocycles. The Labute approximate surface area is 194 Å². The highest BCUT2D eigenvalue weighted by atomic mass is 127. The summed E-state index contributed by atoms with van der Waals surface area (Å²) in [5, 5.41) is 16.0. The van der Waals surface area contributed by atoms with Crippen molar-refractivity contribution in [3.05, 3.63) is 29.8 Å². The van der Waals surface area contributed by atoms with Crippen LogP contribution in [0.3, 0.4) is 0 Å². The molecule has 0 aromatic heterocycles. The lowest BCUT2D eigenvalue weighted by atomic mass is 9.99. The molecule has 0 aliphatic carbocycles. The number of rotatable bonds is 10. The summed E-state index contributed by atoms with van der Waals surface area (Å²) < 4.78 is 0. The maximum atomic E-state index is 9.24. The fourth-order valence-corrected chi connectivity index (χ4v) is 3.77. The molecule has 1 fully saturated rings. The molecule has 3 N–H and O–H groups in total. The predicted molar refractivity (Wildman–Crippen MR) is 135 cm³/mol. The number of guanidine groups is 1. The zero-order valence-electron chi connectivity index (χ0n) is 18.5. The minimum Gasteiger partial charge on any atom is -0.396 e. The molecule has 6 heteroatoms. The second-order valence-corrected chi connectivity index (χ2v) is 8.08. The Morgan fingerprint density at radius 1 is 1.14 bits per heavy atom. The SMILES string of the molecule is CCCC(CCO)CNC(=NCc1ccc(N2CCC(C)CC2)cc1)NCC.I. The van der Waals surface area contributed by atoms with Gasteiger partial charge in [-0.1, -0.05) is 32.4 Å². The topological polar surface area (TPSA) is 59.9 Å². The molecule has 5 nitrogen and oxygen atoms in total. The summed E-state index contributed by atoms with van der Waals surface area (Å²) in [6.45, 7) is 11.6. The van der Waals surface area contributed by atoms with Crippen LogP contribution in [0, 0.1) is 11.8 Å². The molecule has 1 atom stereocenters. The lowest BCUT2D eigenvalue weighted by Crippen LogP contribution is -2.40. The van der Waals surface area contributed by atoms with E-state index in [-0.39, 0.29) is 30.6 Å². The van der Waals surface area contributed by atoms with Crippen LogP contribution < -0.4 is 15.5 Å². The van der Waals surface area contributed by atoms with Crippen LogP contribution in [0.4, 0.5) is 5.69 Å². The molecule has 1 aliphatic rings. The molecule has 29 heavy (non-hydrogen) atoms. The van der Waals surface area contributed by atoms with E-state index in [0.29, 0.717) is 12.5 Å². The Bertz CT molecular complexity index is 565. The zero-order valence-corrected chi connectivity index (χ0v) is 20.8. The first-order valence-electron chi connectivity index (χ1n) is 11.1. The Hall–Kier alpha value is -1.02. The van der Waals surface area contributed by atoms with Crippen molar-refractivity contribution in [2.24, 2.45) is 16.8 Å². The first-order valence-corrected chi connectivity index (χ1v) is 11.1. The normalized spacial score (nSPS) is 16.3. The standard InChI is InChI=1S/C23H40N4O.HI/c1-4-6-20(13-16-28)17-25-23(24-5-2)26-18-21-7-9-22(10-8-21)27-14-11-19(3)12-15-27;/h7-10,19-20,28H,4-6,11-18H2,1-3H3,(H2,24,25,26);1H. The number of hydrogen-bond donors (Lipinski definition) is 3. The summed E-state index contributed by atoms with van der Waals surface area (Å²) in [5.74, 6) is 2.21. The largest absolute Gasteiger partial charge is 0.396 e. The van der Waals surface area contributed by atoms with Crippen LogP contribution in [0.25, 0.3) is 0 Å². The molecule has 1 unspecified atom stereocenters. The Balaban J connectivity index is 0.00000420. The van der Waals surface area contributed by atoms with E-state index in [2.05, 4.69) is 60.6 Å². The van der Waals surface area contributed by atoms with Gasteiger partial charge in [0, 0.05) is 38.5 Å². The number of nitrogens with one attached hydrogen (secondary N) is 2. The molecule has 1 aromatic carbocycles. The van der Waals surface area contributed by atoms with E-state index in [1.807, 2.05) is 0 Å². The number of nitrogens with zero attached hydrogens (tertiary/aromatic N) is 2. The molecule has 0 bridgehead atoms. The first kappa shape index (κ1) is 26.0. The second kappa shape index (κ2) is 14.9. The van der Waals surface area contributed by atoms with Gasteiger partial charge in [0.1, 0.15) is 0 Å². The highest BCUT2D eigenvalue weighted by molar-refractivity contribution is 14.0. The number of piperidine rings is 1. The molecule has 0 amide bonds. The number of aliphatic imine (C=N–C) groups is 1. The highest BCUT2D eigenvalue weighted by Crippen LogP contribution is 2.23. The average Bonchev–Trinajstić information content (AvgIpc) is 2.71. The van der Waals surface area contributed by atoms with E-state index in [4.69, 9.17) is 4.99 Å². The van der Waals surface area contributed by atoms with Gasteiger partial charge in [0.25, 0.3) is 0 Å². The predicted octanol–water partition coefficient (Wildman–Crippen LogP) is 4.39. The molecular weight excluding hydrogens is 475 g/mol. The molecule has 1 aromatic rings. The summed E-state index contributed by atoms with van der Waals surface area (Å²) in [6.07, 6.45) is 5.70. The van der Waals surface area contributed by atoms with E-state index in [9.17, 15) is 5.11 Å². The second-order valence-electron chi connectivity index (χ2n) is 8.08. The number of anilines is 1. The fraction of sp³-hybridized carbons (Fsp3) is 0.696. The summed E-state index contributed by atoms with van der Waals surface area (Å²) >= 11 is 0. The lowest BCUT2D eigenvalue weighted by molar-refractivity contribution is 0.251. The van der Waals surface area contributed by atoms with Crippen LogP contribution in [-0.2, 0) is 6.54 Å². The minimum atomic E-state index is 0. The molecular formula is C23H41IN4O. The van der Waals surface area contributed by atoms with Crippen LogP contribution in [0.1, 0.15) is 58.4 Å². The number of aliphatic hydroxyl groups excluding tert-OH is 1. The summed E-state index contributed by atoms with van der Waals surface area (Å²) in [5.41, 5.74) is 2.56. The molecule has 0 spiro atoms. The Kier molecular flexibility index (Phi) is 13.4. The van der Waals surface area contributed by atoms with Crippen molar-refractivity contribution in [3.8, 4) is 0 Å². The maximum absolute atomic E-state index is 9.24. The van der Waals surface area contributed by atoms with Gasteiger partial charge in [0.15, 0.2) is 5.96 Å². The maximum Gasteiger partial charge on any atom is 0.191 e. The van der Waals surface area contributed by atoms with Crippen molar-refractivity contribution in [2.75, 3.05) is 37.7 Å². The van der Waals surface area contributed by atoms with Gasteiger partial charge < -0.3 is 20.6 Å². The van der Waals surface area contributed by atoms with Gasteiger partial charge >= 0.3 is 0 Å². The molecule has 166 valence electrons. The van der Waals surface area contributed by atoms with E-state index < -0.39 is 0 Å². The summed E-state index contributed by atoms with van der Waals surface area (Å²) in [7, 11) is 0. The number of benzene rings is 1. The van der Waals surface area contributed by atoms with E-state index in [1.165, 1.54) is 37.2 Å². The lowest BCUT2D eigenvalue weighted by Gasteiger charge is -2.32. The van der Waals surface area contributed by atoms with E-state index in [0.717, 1.165) is 44.2 Å². The van der Waals surface area contributed by atoms with Crippen molar-refractivity contribution in [2.45, 2.75) is 59.4 Å². The highest BCUT2D eigenvalue weighted by Gasteiger charge is 2.15. The molecule has 0 radical (unpaired) electrons. The van der Waals surface area contributed by atoms with Crippen molar-refractivity contribution < 1.29 is 5.11 Å². The Morgan fingerprint density at radius 3 is 2.41 bits per heavy atom. The zero-order chi connectivity index (χ0) is 20.2. The van der Waals surface area contributed by atoms with E-state index in [1.54, 1.807) is 0 Å². The summed E-state index contributed by atoms with van der Waals surface area (Å²) in [6, 6.07) is 8.87. The number of hydrogen-bond acceptors (Lipinski definition) is 3. The van der Waals surface area contributed by atoms with E-state index >= 15 is 0 Å². The van der Waals surface area contributed by atoms with Crippen molar-refractivity contribution in [3.63, 3.8) is 0 Å². The first-order chi connectivity index (χ1) is 13.7. The van der Waals surface area contributed by atoms with Crippen molar-refractivity contribution >= 4 is 35.6 Å². The van der Waals surface area contributed by atoms with Gasteiger partial charge in [0.05, 0.1) is 6.54 Å². The third kappa shape index (κ3) is 9.55. The third-order valence-corrected chi connectivity index (χ3v) is 5.64. The number of aliphatic hydroxyl groups is 1. The molecule has 1 aliphatic heterocycles. The van der Waals surface area contributed by atoms with Gasteiger partial charge in [0.2, 0.25) is 0 Å². The van der Waals surface area contributed by atoms with Gasteiger partial charge in [-0.2, -0.15) is 0 Å². The van der Waals surface area contributed by atoms with Gasteiger partial charge in [-0.15, -0.1) is 24.0 Å². The van der Waals surface area contributed by atoms with Gasteiger partial charge in [-0.25, -0.2) is 4.99 Å². The van der Waals surface area contributed by atoms with Crippen LogP contribution >= 0.6 is 24.0 Å². The van der Waals surface area contributed by atoms with Gasteiger partial charge in [-0.05, 0) is 62.1 Å². The quantitative estimate of drug-likeness (QED) is 0.245. The Morgan fingerprint density at radius 2 is 1.83 bits per heavy atom. The summed E-state index contributed by atoms with van der Waals surface area (Å²) in [4.78, 5) is 7.24. The molecule has 1 saturated heterocycles. The van der Waals surface area contributed by atoms with Crippen molar-refractivity contribution in [1.29, 1.82) is 0 Å². The van der Waals surface area contributed by atoms with Crippen LogP contribution in [0.5, 0.6) is 0 Å². The number of halogens is 1. The third-order valence-electron chi connectivity index (χ3n) is 5.64. The van der Waals surface area contributed by atoms with Crippen molar-refractivity contribution in [1.82, 2.24) is 10.6 Å². The van der Waals surface area contributed by atoms with Crippen LogP contribution in [-0.4, -0.2) is 43.9 Å². The fourth-order valence-electron chi connectivity index (χ4n) is 3.77. The molecule has 1 heterocycles. The molecule has 2 rings (SSSR count).